The SMILES string of the molecule is CC(C)CCCNC(C)Cc1ccccc1. The largest absolute Gasteiger partial charge is 0.314 e. The molecular formula is C15H25N. The zero-order valence-electron chi connectivity index (χ0n) is 10.9. The molecule has 1 aromatic rings. The second-order valence-corrected chi connectivity index (χ2v) is 5.08. The Bertz CT molecular complexity index is 266. The van der Waals surface area contributed by atoms with Crippen LogP contribution in [0, 0.1) is 5.92 Å². The zero-order chi connectivity index (χ0) is 11.8. The van der Waals surface area contributed by atoms with E-state index in [2.05, 4.69) is 56.4 Å². The summed E-state index contributed by atoms with van der Waals surface area (Å²) in [5.41, 5.74) is 1.42. The minimum Gasteiger partial charge on any atom is -0.314 e. The van der Waals surface area contributed by atoms with Crippen molar-refractivity contribution >= 4 is 0 Å². The summed E-state index contributed by atoms with van der Waals surface area (Å²) in [4.78, 5) is 0. The molecule has 0 aliphatic heterocycles. The quantitative estimate of drug-likeness (QED) is 0.690. The average Bonchev–Trinajstić information content (AvgIpc) is 2.25. The summed E-state index contributed by atoms with van der Waals surface area (Å²) < 4.78 is 0. The lowest BCUT2D eigenvalue weighted by molar-refractivity contribution is 0.487. The molecule has 0 aliphatic carbocycles. The van der Waals surface area contributed by atoms with Crippen molar-refractivity contribution in [2.45, 2.75) is 46.1 Å². The van der Waals surface area contributed by atoms with Crippen molar-refractivity contribution in [2.24, 2.45) is 5.92 Å². The molecule has 1 nitrogen and oxygen atoms in total. The lowest BCUT2D eigenvalue weighted by Gasteiger charge is -2.14. The van der Waals surface area contributed by atoms with Gasteiger partial charge in [-0.1, -0.05) is 44.2 Å². The van der Waals surface area contributed by atoms with Crippen molar-refractivity contribution in [1.29, 1.82) is 0 Å². The first-order chi connectivity index (χ1) is 7.68. The van der Waals surface area contributed by atoms with E-state index < -0.39 is 0 Å². The first-order valence-corrected chi connectivity index (χ1v) is 6.46. The molecule has 0 aliphatic rings. The summed E-state index contributed by atoms with van der Waals surface area (Å²) in [6, 6.07) is 11.3. The Morgan fingerprint density at radius 3 is 2.38 bits per heavy atom. The molecule has 1 N–H and O–H groups in total. The van der Waals surface area contributed by atoms with Crippen LogP contribution in [0.3, 0.4) is 0 Å². The van der Waals surface area contributed by atoms with Gasteiger partial charge < -0.3 is 5.32 Å². The summed E-state index contributed by atoms with van der Waals surface area (Å²) in [7, 11) is 0. The fourth-order valence-corrected chi connectivity index (χ4v) is 1.90. The summed E-state index contributed by atoms with van der Waals surface area (Å²) >= 11 is 0. The third-order valence-electron chi connectivity index (χ3n) is 2.84. The first-order valence-electron chi connectivity index (χ1n) is 6.46. The Morgan fingerprint density at radius 2 is 1.75 bits per heavy atom. The number of benzene rings is 1. The van der Waals surface area contributed by atoms with Crippen LogP contribution in [-0.4, -0.2) is 12.6 Å². The van der Waals surface area contributed by atoms with E-state index in [4.69, 9.17) is 0 Å². The zero-order valence-corrected chi connectivity index (χ0v) is 10.9. The Balaban J connectivity index is 2.14. The Kier molecular flexibility index (Phi) is 6.17. The molecule has 0 aromatic heterocycles. The van der Waals surface area contributed by atoms with Gasteiger partial charge in [0.1, 0.15) is 0 Å². The van der Waals surface area contributed by atoms with Crippen LogP contribution in [-0.2, 0) is 6.42 Å². The maximum absolute atomic E-state index is 3.59. The Hall–Kier alpha value is -0.820. The molecule has 0 spiro atoms. The maximum Gasteiger partial charge on any atom is 0.00791 e. The van der Waals surface area contributed by atoms with Gasteiger partial charge in [-0.3, -0.25) is 0 Å². The van der Waals surface area contributed by atoms with Gasteiger partial charge in [0.05, 0.1) is 0 Å². The minimum absolute atomic E-state index is 0.578. The van der Waals surface area contributed by atoms with Gasteiger partial charge in [-0.05, 0) is 44.2 Å². The van der Waals surface area contributed by atoms with Crippen molar-refractivity contribution in [3.8, 4) is 0 Å². The van der Waals surface area contributed by atoms with Crippen molar-refractivity contribution < 1.29 is 0 Å². The van der Waals surface area contributed by atoms with E-state index >= 15 is 0 Å². The van der Waals surface area contributed by atoms with Crippen molar-refractivity contribution in [1.82, 2.24) is 5.32 Å². The normalized spacial score (nSPS) is 13.0. The predicted molar refractivity (Wildman–Crippen MR) is 71.7 cm³/mol. The molecule has 1 aromatic carbocycles. The van der Waals surface area contributed by atoms with E-state index in [1.165, 1.54) is 18.4 Å². The molecule has 16 heavy (non-hydrogen) atoms. The summed E-state index contributed by atoms with van der Waals surface area (Å²) in [6.45, 7) is 7.98. The molecule has 0 fully saturated rings. The van der Waals surface area contributed by atoms with Crippen LogP contribution in [0.1, 0.15) is 39.2 Å². The Labute approximate surface area is 100 Å². The molecule has 1 atom stereocenters. The van der Waals surface area contributed by atoms with Gasteiger partial charge in [-0.2, -0.15) is 0 Å². The summed E-state index contributed by atoms with van der Waals surface area (Å²) in [6.07, 6.45) is 3.74. The van der Waals surface area contributed by atoms with Gasteiger partial charge in [-0.15, -0.1) is 0 Å². The summed E-state index contributed by atoms with van der Waals surface area (Å²) in [5, 5.41) is 3.59. The van der Waals surface area contributed by atoms with E-state index in [1.54, 1.807) is 0 Å². The highest BCUT2D eigenvalue weighted by Gasteiger charge is 2.02. The summed E-state index contributed by atoms with van der Waals surface area (Å²) in [5.74, 6) is 0.825. The van der Waals surface area contributed by atoms with Crippen LogP contribution in [0.4, 0.5) is 0 Å². The molecule has 90 valence electrons. The number of hydrogen-bond acceptors (Lipinski definition) is 1. The van der Waals surface area contributed by atoms with Gasteiger partial charge in [0.2, 0.25) is 0 Å². The highest BCUT2D eigenvalue weighted by atomic mass is 14.9. The van der Waals surface area contributed by atoms with E-state index in [9.17, 15) is 0 Å². The van der Waals surface area contributed by atoms with E-state index in [0.717, 1.165) is 18.9 Å². The van der Waals surface area contributed by atoms with E-state index in [0.29, 0.717) is 6.04 Å². The molecule has 0 heterocycles. The molecule has 0 amide bonds. The van der Waals surface area contributed by atoms with Crippen molar-refractivity contribution in [2.75, 3.05) is 6.54 Å². The van der Waals surface area contributed by atoms with Crippen LogP contribution in [0.2, 0.25) is 0 Å². The van der Waals surface area contributed by atoms with Crippen LogP contribution >= 0.6 is 0 Å². The minimum atomic E-state index is 0.578. The van der Waals surface area contributed by atoms with Crippen LogP contribution in [0.25, 0.3) is 0 Å². The highest BCUT2D eigenvalue weighted by molar-refractivity contribution is 5.15. The Morgan fingerprint density at radius 1 is 1.06 bits per heavy atom. The lowest BCUT2D eigenvalue weighted by atomic mass is 10.1. The highest BCUT2D eigenvalue weighted by Crippen LogP contribution is 2.04. The third kappa shape index (κ3) is 5.92. The molecule has 1 heteroatoms. The number of rotatable bonds is 7. The average molecular weight is 219 g/mol. The lowest BCUT2D eigenvalue weighted by Crippen LogP contribution is -2.29. The maximum atomic E-state index is 3.59. The molecule has 0 saturated heterocycles. The number of nitrogens with one attached hydrogen (secondary N) is 1. The van der Waals surface area contributed by atoms with Gasteiger partial charge in [0.25, 0.3) is 0 Å². The number of hydrogen-bond donors (Lipinski definition) is 1. The van der Waals surface area contributed by atoms with Crippen molar-refractivity contribution in [3.05, 3.63) is 35.9 Å². The first kappa shape index (κ1) is 13.2. The second kappa shape index (κ2) is 7.45. The predicted octanol–water partition coefficient (Wildman–Crippen LogP) is 3.64. The van der Waals surface area contributed by atoms with E-state index in [1.807, 2.05) is 0 Å². The molecule has 1 rings (SSSR count). The van der Waals surface area contributed by atoms with Gasteiger partial charge >= 0.3 is 0 Å². The fourth-order valence-electron chi connectivity index (χ4n) is 1.90. The molecule has 0 saturated carbocycles. The van der Waals surface area contributed by atoms with Gasteiger partial charge in [-0.25, -0.2) is 0 Å². The van der Waals surface area contributed by atoms with Crippen LogP contribution < -0.4 is 5.32 Å². The van der Waals surface area contributed by atoms with Crippen LogP contribution in [0.5, 0.6) is 0 Å². The molecule has 1 unspecified atom stereocenters. The molecular weight excluding hydrogens is 194 g/mol. The van der Waals surface area contributed by atoms with Crippen molar-refractivity contribution in [3.63, 3.8) is 0 Å². The molecule has 0 bridgehead atoms. The molecule has 0 radical (unpaired) electrons. The van der Waals surface area contributed by atoms with Gasteiger partial charge in [0, 0.05) is 6.04 Å². The van der Waals surface area contributed by atoms with Gasteiger partial charge in [0.15, 0.2) is 0 Å². The van der Waals surface area contributed by atoms with E-state index in [-0.39, 0.29) is 0 Å². The smallest absolute Gasteiger partial charge is 0.00791 e. The monoisotopic (exact) mass is 219 g/mol. The fraction of sp³-hybridized carbons (Fsp3) is 0.600. The van der Waals surface area contributed by atoms with Crippen LogP contribution in [0.15, 0.2) is 30.3 Å². The second-order valence-electron chi connectivity index (χ2n) is 5.08. The third-order valence-corrected chi connectivity index (χ3v) is 2.84. The topological polar surface area (TPSA) is 12.0 Å². The standard InChI is InChI=1S/C15H25N/c1-13(2)8-7-11-16-14(3)12-15-9-5-4-6-10-15/h4-6,9-10,13-14,16H,7-8,11-12H2,1-3H3.